The van der Waals surface area contributed by atoms with Crippen LogP contribution in [-0.4, -0.2) is 18.6 Å². The summed E-state index contributed by atoms with van der Waals surface area (Å²) in [5, 5.41) is 5.93. The molecule has 2 N–H and O–H groups in total. The van der Waals surface area contributed by atoms with Gasteiger partial charge < -0.3 is 5.32 Å². The van der Waals surface area contributed by atoms with Gasteiger partial charge in [-0.05, 0) is 0 Å². The molecule has 1 aliphatic carbocycles. The fraction of sp³-hybridized carbons (Fsp3) is 0.375. The number of carbonyl (C=O) groups is 1. The minimum absolute atomic E-state index is 0.00579. The Morgan fingerprint density at radius 2 is 2.18 bits per heavy atom. The van der Waals surface area contributed by atoms with Crippen LogP contribution >= 0.6 is 0 Å². The van der Waals surface area contributed by atoms with Crippen LogP contribution in [0, 0.1) is 5.92 Å². The summed E-state index contributed by atoms with van der Waals surface area (Å²) in [6.07, 6.45) is 7.82. The average Bonchev–Trinajstić information content (AvgIpc) is 2.06. The normalized spacial score (nSPS) is 34.7. The minimum atomic E-state index is -0.00579. The molecular weight excluding hydrogens is 140 g/mol. The Morgan fingerprint density at radius 3 is 3.00 bits per heavy atom. The van der Waals surface area contributed by atoms with Gasteiger partial charge >= 0.3 is 0 Å². The van der Waals surface area contributed by atoms with Crippen LogP contribution in [-0.2, 0) is 4.79 Å². The topological polar surface area (TPSA) is 41.1 Å². The predicted molar refractivity (Wildman–Crippen MR) is 41.7 cm³/mol. The van der Waals surface area contributed by atoms with Crippen LogP contribution in [0.15, 0.2) is 24.3 Å². The molecule has 1 heterocycles. The van der Waals surface area contributed by atoms with E-state index in [1.54, 1.807) is 0 Å². The van der Waals surface area contributed by atoms with Crippen molar-refractivity contribution in [2.45, 2.75) is 6.04 Å². The lowest BCUT2D eigenvalue weighted by Crippen LogP contribution is -2.53. The molecule has 1 amide bonds. The Bertz CT molecular complexity index is 232. The second-order valence-electron chi connectivity index (χ2n) is 2.74. The minimum Gasteiger partial charge on any atom is -0.343 e. The van der Waals surface area contributed by atoms with Gasteiger partial charge in [0.1, 0.15) is 0 Å². The van der Waals surface area contributed by atoms with E-state index in [1.807, 2.05) is 24.3 Å². The highest BCUT2D eigenvalue weighted by molar-refractivity contribution is 5.82. The molecule has 0 aromatic heterocycles. The standard InChI is InChI=1S/C8H10N2O/c11-8-6-3-1-2-4-7(6)9-5-10-8/h1-4,6-7,9H,5H2,(H,10,11). The summed E-state index contributed by atoms with van der Waals surface area (Å²) in [5.74, 6) is 0.114. The monoisotopic (exact) mass is 150 g/mol. The highest BCUT2D eigenvalue weighted by atomic mass is 16.2. The predicted octanol–water partition coefficient (Wildman–Crippen LogP) is -0.226. The van der Waals surface area contributed by atoms with Gasteiger partial charge in [0.15, 0.2) is 0 Å². The lowest BCUT2D eigenvalue weighted by molar-refractivity contribution is -0.125. The number of allylic oxidation sites excluding steroid dienone is 2. The largest absolute Gasteiger partial charge is 0.343 e. The van der Waals surface area contributed by atoms with Crippen LogP contribution in [0.25, 0.3) is 0 Å². The van der Waals surface area contributed by atoms with Gasteiger partial charge in [-0.2, -0.15) is 0 Å². The smallest absolute Gasteiger partial charge is 0.229 e. The Kier molecular flexibility index (Phi) is 1.51. The van der Waals surface area contributed by atoms with E-state index in [-0.39, 0.29) is 17.9 Å². The summed E-state index contributed by atoms with van der Waals surface area (Å²) in [4.78, 5) is 11.2. The van der Waals surface area contributed by atoms with Crippen LogP contribution in [0.2, 0.25) is 0 Å². The van der Waals surface area contributed by atoms with E-state index in [4.69, 9.17) is 0 Å². The summed E-state index contributed by atoms with van der Waals surface area (Å²) >= 11 is 0. The Balaban J connectivity index is 2.20. The lowest BCUT2D eigenvalue weighted by atomic mass is 9.93. The van der Waals surface area contributed by atoms with E-state index in [0.29, 0.717) is 6.67 Å². The molecule has 2 atom stereocenters. The highest BCUT2D eigenvalue weighted by Crippen LogP contribution is 2.14. The fourth-order valence-electron chi connectivity index (χ4n) is 1.43. The van der Waals surface area contributed by atoms with Crippen molar-refractivity contribution in [1.29, 1.82) is 0 Å². The van der Waals surface area contributed by atoms with Crippen LogP contribution in [0.4, 0.5) is 0 Å². The van der Waals surface area contributed by atoms with Crippen molar-refractivity contribution in [3.63, 3.8) is 0 Å². The van der Waals surface area contributed by atoms with Gasteiger partial charge in [0, 0.05) is 6.04 Å². The average molecular weight is 150 g/mol. The van der Waals surface area contributed by atoms with Crippen molar-refractivity contribution in [2.24, 2.45) is 5.92 Å². The fourth-order valence-corrected chi connectivity index (χ4v) is 1.43. The quantitative estimate of drug-likeness (QED) is 0.501. The van der Waals surface area contributed by atoms with Crippen LogP contribution < -0.4 is 10.6 Å². The van der Waals surface area contributed by atoms with Crippen LogP contribution in [0.1, 0.15) is 0 Å². The molecule has 1 saturated heterocycles. The van der Waals surface area contributed by atoms with E-state index in [0.717, 1.165) is 0 Å². The number of nitrogens with one attached hydrogen (secondary N) is 2. The molecule has 0 bridgehead atoms. The molecular formula is C8H10N2O. The molecule has 2 unspecified atom stereocenters. The van der Waals surface area contributed by atoms with Gasteiger partial charge in [0.05, 0.1) is 12.6 Å². The van der Waals surface area contributed by atoms with E-state index >= 15 is 0 Å². The first-order valence-corrected chi connectivity index (χ1v) is 3.74. The number of rotatable bonds is 0. The molecule has 3 nitrogen and oxygen atoms in total. The third-order valence-electron chi connectivity index (χ3n) is 2.04. The molecule has 0 aromatic rings. The zero-order valence-corrected chi connectivity index (χ0v) is 6.08. The maximum Gasteiger partial charge on any atom is 0.229 e. The van der Waals surface area contributed by atoms with Gasteiger partial charge in [-0.25, -0.2) is 0 Å². The van der Waals surface area contributed by atoms with Crippen molar-refractivity contribution in [3.05, 3.63) is 24.3 Å². The lowest BCUT2D eigenvalue weighted by Gasteiger charge is -2.29. The molecule has 1 fully saturated rings. The number of hydrogen-bond acceptors (Lipinski definition) is 2. The molecule has 58 valence electrons. The number of amides is 1. The molecule has 2 rings (SSSR count). The van der Waals surface area contributed by atoms with E-state index in [2.05, 4.69) is 10.6 Å². The number of fused-ring (bicyclic) bond motifs is 1. The van der Waals surface area contributed by atoms with Gasteiger partial charge in [-0.15, -0.1) is 0 Å². The second-order valence-corrected chi connectivity index (χ2v) is 2.74. The summed E-state index contributed by atoms with van der Waals surface area (Å²) < 4.78 is 0. The van der Waals surface area contributed by atoms with E-state index < -0.39 is 0 Å². The van der Waals surface area contributed by atoms with Crippen molar-refractivity contribution >= 4 is 5.91 Å². The molecule has 0 aromatic carbocycles. The van der Waals surface area contributed by atoms with Crippen LogP contribution in [0.3, 0.4) is 0 Å². The number of hydrogen-bond donors (Lipinski definition) is 2. The van der Waals surface area contributed by atoms with E-state index in [9.17, 15) is 4.79 Å². The van der Waals surface area contributed by atoms with Crippen molar-refractivity contribution < 1.29 is 4.79 Å². The molecule has 0 spiro atoms. The zero-order valence-electron chi connectivity index (χ0n) is 6.08. The zero-order chi connectivity index (χ0) is 7.68. The van der Waals surface area contributed by atoms with Gasteiger partial charge in [0.25, 0.3) is 0 Å². The first-order chi connectivity index (χ1) is 5.38. The Hall–Kier alpha value is -1.09. The maximum atomic E-state index is 11.2. The first-order valence-electron chi connectivity index (χ1n) is 3.74. The maximum absolute atomic E-state index is 11.2. The van der Waals surface area contributed by atoms with Gasteiger partial charge in [-0.3, -0.25) is 10.1 Å². The third-order valence-corrected chi connectivity index (χ3v) is 2.04. The van der Waals surface area contributed by atoms with E-state index in [1.165, 1.54) is 0 Å². The second kappa shape index (κ2) is 2.51. The molecule has 2 aliphatic rings. The molecule has 3 heteroatoms. The van der Waals surface area contributed by atoms with Crippen LogP contribution in [0.5, 0.6) is 0 Å². The third kappa shape index (κ3) is 1.07. The summed E-state index contributed by atoms with van der Waals surface area (Å²) in [5.41, 5.74) is 0. The van der Waals surface area contributed by atoms with Gasteiger partial charge in [-0.1, -0.05) is 24.3 Å². The Morgan fingerprint density at radius 1 is 1.36 bits per heavy atom. The number of carbonyl (C=O) groups excluding carboxylic acids is 1. The Labute approximate surface area is 65.2 Å². The molecule has 1 aliphatic heterocycles. The van der Waals surface area contributed by atoms with Crippen molar-refractivity contribution in [3.8, 4) is 0 Å². The first kappa shape index (κ1) is 6.61. The summed E-state index contributed by atoms with van der Waals surface area (Å²) in [6, 6.07) is 0.203. The van der Waals surface area contributed by atoms with Crippen molar-refractivity contribution in [2.75, 3.05) is 6.67 Å². The summed E-state index contributed by atoms with van der Waals surface area (Å²) in [7, 11) is 0. The molecule has 0 radical (unpaired) electrons. The summed E-state index contributed by atoms with van der Waals surface area (Å²) in [6.45, 7) is 0.582. The van der Waals surface area contributed by atoms with Gasteiger partial charge in [0.2, 0.25) is 5.91 Å². The molecule has 0 saturated carbocycles. The SMILES string of the molecule is O=C1NCNC2C=CC=CC12. The van der Waals surface area contributed by atoms with Crippen molar-refractivity contribution in [1.82, 2.24) is 10.6 Å². The highest BCUT2D eigenvalue weighted by Gasteiger charge is 2.28. The molecule has 11 heavy (non-hydrogen) atoms.